The van der Waals surface area contributed by atoms with E-state index in [1.54, 1.807) is 0 Å². The van der Waals surface area contributed by atoms with Crippen molar-refractivity contribution in [3.63, 3.8) is 0 Å². The van der Waals surface area contributed by atoms with Gasteiger partial charge in [-0.1, -0.05) is 0 Å². The van der Waals surface area contributed by atoms with E-state index in [1.807, 2.05) is 41.1 Å². The molecule has 1 atom stereocenters. The first-order valence-electron chi connectivity index (χ1n) is 10.6. The molecular weight excluding hydrogens is 352 g/mol. The van der Waals surface area contributed by atoms with Crippen molar-refractivity contribution in [2.75, 3.05) is 57.8 Å². The van der Waals surface area contributed by atoms with E-state index in [2.05, 4.69) is 23.6 Å². The molecular formula is C22H34N4O2. The maximum absolute atomic E-state index is 12.8. The van der Waals surface area contributed by atoms with Crippen molar-refractivity contribution in [2.45, 2.75) is 39.2 Å². The van der Waals surface area contributed by atoms with Gasteiger partial charge in [-0.05, 0) is 57.4 Å². The molecule has 6 heteroatoms. The van der Waals surface area contributed by atoms with E-state index >= 15 is 0 Å². The first-order valence-corrected chi connectivity index (χ1v) is 10.6. The Hall–Kier alpha value is -2.08. The van der Waals surface area contributed by atoms with Gasteiger partial charge >= 0.3 is 0 Å². The topological polar surface area (TPSA) is 47.1 Å². The molecule has 2 heterocycles. The Balaban J connectivity index is 1.49. The van der Waals surface area contributed by atoms with Gasteiger partial charge in [-0.3, -0.25) is 14.5 Å². The van der Waals surface area contributed by atoms with Crippen LogP contribution < -0.4 is 4.90 Å². The number of benzene rings is 1. The molecule has 28 heavy (non-hydrogen) atoms. The van der Waals surface area contributed by atoms with Crippen molar-refractivity contribution in [2.24, 2.45) is 0 Å². The maximum atomic E-state index is 12.8. The van der Waals surface area contributed by atoms with Crippen LogP contribution in [0.3, 0.4) is 0 Å². The van der Waals surface area contributed by atoms with Gasteiger partial charge in [-0.15, -0.1) is 0 Å². The van der Waals surface area contributed by atoms with E-state index in [0.29, 0.717) is 25.7 Å². The minimum atomic E-state index is 0.0846. The number of rotatable bonds is 5. The van der Waals surface area contributed by atoms with Crippen molar-refractivity contribution in [3.8, 4) is 0 Å². The zero-order chi connectivity index (χ0) is 20.1. The van der Waals surface area contributed by atoms with Gasteiger partial charge in [0, 0.05) is 63.6 Å². The highest BCUT2D eigenvalue weighted by Gasteiger charge is 2.27. The van der Waals surface area contributed by atoms with E-state index in [9.17, 15) is 9.59 Å². The van der Waals surface area contributed by atoms with Crippen LogP contribution in [-0.2, 0) is 4.79 Å². The molecule has 0 bridgehead atoms. The van der Waals surface area contributed by atoms with E-state index in [-0.39, 0.29) is 11.8 Å². The molecule has 2 fully saturated rings. The third-order valence-corrected chi connectivity index (χ3v) is 6.17. The monoisotopic (exact) mass is 386 g/mol. The van der Waals surface area contributed by atoms with E-state index in [0.717, 1.165) is 50.3 Å². The molecule has 1 aromatic carbocycles. The summed E-state index contributed by atoms with van der Waals surface area (Å²) in [5.74, 6) is 0.323. The van der Waals surface area contributed by atoms with Crippen LogP contribution in [0.2, 0.25) is 0 Å². The van der Waals surface area contributed by atoms with Gasteiger partial charge in [0.25, 0.3) is 5.91 Å². The molecule has 0 aromatic heterocycles. The summed E-state index contributed by atoms with van der Waals surface area (Å²) < 4.78 is 0. The first kappa shape index (κ1) is 20.6. The smallest absolute Gasteiger partial charge is 0.253 e. The van der Waals surface area contributed by atoms with Gasteiger partial charge in [0.1, 0.15) is 0 Å². The Morgan fingerprint density at radius 2 is 1.71 bits per heavy atom. The second-order valence-corrected chi connectivity index (χ2v) is 8.06. The number of hydrogen-bond donors (Lipinski definition) is 0. The predicted octanol–water partition coefficient (Wildman–Crippen LogP) is 2.30. The van der Waals surface area contributed by atoms with Gasteiger partial charge in [-0.25, -0.2) is 0 Å². The minimum Gasteiger partial charge on any atom is -0.375 e. The lowest BCUT2D eigenvalue weighted by molar-refractivity contribution is -0.136. The van der Waals surface area contributed by atoms with Gasteiger partial charge in [0.05, 0.1) is 6.54 Å². The maximum Gasteiger partial charge on any atom is 0.253 e. The highest BCUT2D eigenvalue weighted by Crippen LogP contribution is 2.18. The van der Waals surface area contributed by atoms with Crippen molar-refractivity contribution in [1.29, 1.82) is 0 Å². The second kappa shape index (κ2) is 9.41. The third kappa shape index (κ3) is 4.85. The molecule has 0 saturated carbocycles. The summed E-state index contributed by atoms with van der Waals surface area (Å²) in [6, 6.07) is 8.20. The number of amides is 2. The summed E-state index contributed by atoms with van der Waals surface area (Å²) in [5, 5.41) is 0. The molecule has 3 rings (SSSR count). The molecule has 6 nitrogen and oxygen atoms in total. The van der Waals surface area contributed by atoms with Crippen LogP contribution in [0.5, 0.6) is 0 Å². The van der Waals surface area contributed by atoms with Crippen LogP contribution in [-0.4, -0.2) is 85.4 Å². The Labute approximate surface area is 169 Å². The lowest BCUT2D eigenvalue weighted by atomic mass is 10.0. The molecule has 0 radical (unpaired) electrons. The Kier molecular flexibility index (Phi) is 6.94. The second-order valence-electron chi connectivity index (χ2n) is 8.06. The summed E-state index contributed by atoms with van der Waals surface area (Å²) in [5.41, 5.74) is 1.86. The van der Waals surface area contributed by atoms with Gasteiger partial charge in [0.2, 0.25) is 5.91 Å². The molecule has 2 aliphatic heterocycles. The highest BCUT2D eigenvalue weighted by molar-refractivity contribution is 5.94. The van der Waals surface area contributed by atoms with E-state index < -0.39 is 0 Å². The number of anilines is 1. The molecule has 2 saturated heterocycles. The predicted molar refractivity (Wildman–Crippen MR) is 113 cm³/mol. The third-order valence-electron chi connectivity index (χ3n) is 6.17. The van der Waals surface area contributed by atoms with Crippen LogP contribution in [0.1, 0.15) is 43.5 Å². The number of carbonyl (C=O) groups is 2. The molecule has 2 aliphatic rings. The lowest BCUT2D eigenvalue weighted by Gasteiger charge is -2.38. The van der Waals surface area contributed by atoms with Crippen LogP contribution in [0.15, 0.2) is 24.3 Å². The normalized spacial score (nSPS) is 20.9. The Morgan fingerprint density at radius 3 is 2.32 bits per heavy atom. The number of nitrogens with zero attached hydrogens (tertiary/aromatic N) is 4. The number of carbonyl (C=O) groups excluding carboxylic acids is 2. The molecule has 0 aliphatic carbocycles. The zero-order valence-corrected chi connectivity index (χ0v) is 17.6. The SMILES string of the molecule is CCN(C)c1ccc(C(=O)N2CCN(CC(=O)N3CCCCC3C)CC2)cc1. The Morgan fingerprint density at radius 1 is 1.04 bits per heavy atom. The van der Waals surface area contributed by atoms with Crippen LogP contribution in [0.25, 0.3) is 0 Å². The van der Waals surface area contributed by atoms with Crippen molar-refractivity contribution < 1.29 is 9.59 Å². The summed E-state index contributed by atoms with van der Waals surface area (Å²) in [6.45, 7) is 9.44. The van der Waals surface area contributed by atoms with E-state index in [1.165, 1.54) is 6.42 Å². The van der Waals surface area contributed by atoms with Crippen molar-refractivity contribution >= 4 is 17.5 Å². The summed E-state index contributed by atoms with van der Waals surface area (Å²) in [6.07, 6.45) is 3.45. The lowest BCUT2D eigenvalue weighted by Crippen LogP contribution is -2.53. The van der Waals surface area contributed by atoms with Gasteiger partial charge < -0.3 is 14.7 Å². The van der Waals surface area contributed by atoms with Crippen LogP contribution >= 0.6 is 0 Å². The fraction of sp³-hybridized carbons (Fsp3) is 0.636. The Bertz CT molecular complexity index is 668. The fourth-order valence-electron chi connectivity index (χ4n) is 4.08. The molecule has 1 unspecified atom stereocenters. The van der Waals surface area contributed by atoms with Crippen molar-refractivity contribution in [1.82, 2.24) is 14.7 Å². The highest BCUT2D eigenvalue weighted by atomic mass is 16.2. The summed E-state index contributed by atoms with van der Waals surface area (Å²) in [4.78, 5) is 33.7. The average molecular weight is 387 g/mol. The van der Waals surface area contributed by atoms with Gasteiger partial charge in [-0.2, -0.15) is 0 Å². The zero-order valence-electron chi connectivity index (χ0n) is 17.6. The van der Waals surface area contributed by atoms with Crippen molar-refractivity contribution in [3.05, 3.63) is 29.8 Å². The molecule has 1 aromatic rings. The minimum absolute atomic E-state index is 0.0846. The molecule has 154 valence electrons. The quantitative estimate of drug-likeness (QED) is 0.779. The molecule has 0 N–H and O–H groups in total. The van der Waals surface area contributed by atoms with Crippen LogP contribution in [0, 0.1) is 0 Å². The first-order chi connectivity index (χ1) is 13.5. The van der Waals surface area contributed by atoms with E-state index in [4.69, 9.17) is 0 Å². The number of piperazine rings is 1. The molecule has 0 spiro atoms. The average Bonchev–Trinajstić information content (AvgIpc) is 2.73. The molecule has 2 amide bonds. The fourth-order valence-corrected chi connectivity index (χ4v) is 4.08. The largest absolute Gasteiger partial charge is 0.375 e. The number of piperidine rings is 1. The standard InChI is InChI=1S/C22H34N4O2/c1-4-23(3)20-10-8-19(9-11-20)22(28)25-15-13-24(14-16-25)17-21(27)26-12-6-5-7-18(26)2/h8-11,18H,4-7,12-17H2,1-3H3. The van der Waals surface area contributed by atoms with Gasteiger partial charge in [0.15, 0.2) is 0 Å². The number of likely N-dealkylation sites (tertiary alicyclic amines) is 1. The summed E-state index contributed by atoms with van der Waals surface area (Å²) in [7, 11) is 2.04. The summed E-state index contributed by atoms with van der Waals surface area (Å²) >= 11 is 0. The number of hydrogen-bond acceptors (Lipinski definition) is 4. The van der Waals surface area contributed by atoms with Crippen LogP contribution in [0.4, 0.5) is 5.69 Å².